The molecule has 0 saturated heterocycles. The molecular weight excluding hydrogens is 184 g/mol. The zero-order valence-corrected chi connectivity index (χ0v) is 8.39. The first-order valence-electron chi connectivity index (χ1n) is 5.21. The summed E-state index contributed by atoms with van der Waals surface area (Å²) in [7, 11) is 0. The van der Waals surface area contributed by atoms with Gasteiger partial charge in [0.25, 0.3) is 0 Å². The smallest absolute Gasteiger partial charge is 0.102 e. The molecule has 1 nitrogen and oxygen atoms in total. The lowest BCUT2D eigenvalue weighted by molar-refractivity contribution is 0.130. The molecule has 1 aliphatic rings. The van der Waals surface area contributed by atoms with Crippen molar-refractivity contribution in [2.75, 3.05) is 6.61 Å². The molecule has 0 radical (unpaired) electrons. The van der Waals surface area contributed by atoms with E-state index in [1.54, 1.807) is 0 Å². The zero-order chi connectivity index (χ0) is 10.1. The molecule has 15 heavy (non-hydrogen) atoms. The van der Waals surface area contributed by atoms with E-state index in [1.165, 1.54) is 16.3 Å². The van der Waals surface area contributed by atoms with Gasteiger partial charge in [0.15, 0.2) is 0 Å². The Morgan fingerprint density at radius 1 is 1.00 bits per heavy atom. The Morgan fingerprint density at radius 3 is 2.73 bits per heavy atom. The Morgan fingerprint density at radius 2 is 1.87 bits per heavy atom. The van der Waals surface area contributed by atoms with Gasteiger partial charge in [0.1, 0.15) is 6.10 Å². The Labute approximate surface area is 89.0 Å². The lowest BCUT2D eigenvalue weighted by atomic mass is 10.0. The molecule has 74 valence electrons. The molecule has 0 fully saturated rings. The second kappa shape index (κ2) is 3.52. The predicted molar refractivity (Wildman–Crippen MR) is 61.8 cm³/mol. The monoisotopic (exact) mass is 196 g/mol. The molecule has 0 aromatic heterocycles. The second-order valence-corrected chi connectivity index (χ2v) is 3.75. The summed E-state index contributed by atoms with van der Waals surface area (Å²) in [5, 5.41) is 2.57. The van der Waals surface area contributed by atoms with Crippen molar-refractivity contribution in [2.24, 2.45) is 0 Å². The van der Waals surface area contributed by atoms with Gasteiger partial charge in [-0.3, -0.25) is 0 Å². The van der Waals surface area contributed by atoms with Crippen molar-refractivity contribution in [3.8, 4) is 0 Å². The normalized spacial score (nSPS) is 19.9. The van der Waals surface area contributed by atoms with Crippen LogP contribution in [0.4, 0.5) is 0 Å². The van der Waals surface area contributed by atoms with Gasteiger partial charge in [-0.25, -0.2) is 0 Å². The Hall–Kier alpha value is -1.60. The summed E-state index contributed by atoms with van der Waals surface area (Å²) >= 11 is 0. The zero-order valence-electron chi connectivity index (χ0n) is 8.39. The molecule has 0 N–H and O–H groups in total. The van der Waals surface area contributed by atoms with E-state index in [1.807, 2.05) is 0 Å². The van der Waals surface area contributed by atoms with E-state index in [0.29, 0.717) is 0 Å². The standard InChI is InChI=1S/C14H12O/c1-2-7-12-11(5-1)6-3-8-13(12)14-9-4-10-15-14/h1-9,14H,10H2/t14-/m0/s1. The number of ether oxygens (including phenoxy) is 1. The number of hydrogen-bond acceptors (Lipinski definition) is 1. The highest BCUT2D eigenvalue weighted by Crippen LogP contribution is 2.29. The number of benzene rings is 2. The molecule has 1 aliphatic heterocycles. The van der Waals surface area contributed by atoms with Gasteiger partial charge >= 0.3 is 0 Å². The van der Waals surface area contributed by atoms with Gasteiger partial charge in [0.05, 0.1) is 6.61 Å². The third-order valence-electron chi connectivity index (χ3n) is 2.81. The summed E-state index contributed by atoms with van der Waals surface area (Å²) in [6.07, 6.45) is 4.34. The average molecular weight is 196 g/mol. The van der Waals surface area contributed by atoms with E-state index in [0.717, 1.165) is 6.61 Å². The fraction of sp³-hybridized carbons (Fsp3) is 0.143. The first-order chi connectivity index (χ1) is 7.45. The van der Waals surface area contributed by atoms with Crippen molar-refractivity contribution in [3.63, 3.8) is 0 Å². The van der Waals surface area contributed by atoms with Crippen LogP contribution in [0.25, 0.3) is 10.8 Å². The molecular formula is C14H12O. The summed E-state index contributed by atoms with van der Waals surface area (Å²) in [4.78, 5) is 0. The summed E-state index contributed by atoms with van der Waals surface area (Å²) in [6, 6.07) is 14.8. The van der Waals surface area contributed by atoms with Gasteiger partial charge in [-0.1, -0.05) is 54.6 Å². The molecule has 0 amide bonds. The third-order valence-corrected chi connectivity index (χ3v) is 2.81. The predicted octanol–water partition coefficient (Wildman–Crippen LogP) is 3.47. The minimum Gasteiger partial charge on any atom is -0.365 e. The van der Waals surface area contributed by atoms with Crippen LogP contribution in [0.1, 0.15) is 11.7 Å². The lowest BCUT2D eigenvalue weighted by Gasteiger charge is -2.11. The first-order valence-corrected chi connectivity index (χ1v) is 5.21. The fourth-order valence-corrected chi connectivity index (χ4v) is 2.09. The molecule has 0 bridgehead atoms. The van der Waals surface area contributed by atoms with E-state index >= 15 is 0 Å². The van der Waals surface area contributed by atoms with Crippen LogP contribution in [0.2, 0.25) is 0 Å². The highest BCUT2D eigenvalue weighted by Gasteiger charge is 2.14. The van der Waals surface area contributed by atoms with Crippen LogP contribution in [0, 0.1) is 0 Å². The maximum absolute atomic E-state index is 5.64. The third kappa shape index (κ3) is 1.45. The van der Waals surface area contributed by atoms with E-state index in [4.69, 9.17) is 4.74 Å². The van der Waals surface area contributed by atoms with Crippen LogP contribution in [-0.2, 0) is 4.74 Å². The molecule has 2 aromatic carbocycles. The van der Waals surface area contributed by atoms with E-state index in [-0.39, 0.29) is 6.10 Å². The minimum absolute atomic E-state index is 0.135. The van der Waals surface area contributed by atoms with Crippen LogP contribution < -0.4 is 0 Å². The molecule has 1 heteroatoms. The van der Waals surface area contributed by atoms with Gasteiger partial charge in [0.2, 0.25) is 0 Å². The molecule has 0 saturated carbocycles. The average Bonchev–Trinajstić information content (AvgIpc) is 2.82. The maximum Gasteiger partial charge on any atom is 0.102 e. The van der Waals surface area contributed by atoms with Crippen molar-refractivity contribution >= 4 is 10.8 Å². The van der Waals surface area contributed by atoms with Crippen LogP contribution in [-0.4, -0.2) is 6.61 Å². The van der Waals surface area contributed by atoms with E-state index in [2.05, 4.69) is 54.6 Å². The summed E-state index contributed by atoms with van der Waals surface area (Å²) in [6.45, 7) is 0.730. The van der Waals surface area contributed by atoms with E-state index < -0.39 is 0 Å². The largest absolute Gasteiger partial charge is 0.365 e. The highest BCUT2D eigenvalue weighted by molar-refractivity contribution is 5.86. The van der Waals surface area contributed by atoms with Crippen LogP contribution >= 0.6 is 0 Å². The molecule has 0 spiro atoms. The maximum atomic E-state index is 5.64. The Bertz CT molecular complexity index is 508. The Kier molecular flexibility index (Phi) is 2.04. The fourth-order valence-electron chi connectivity index (χ4n) is 2.09. The van der Waals surface area contributed by atoms with Crippen LogP contribution in [0.3, 0.4) is 0 Å². The van der Waals surface area contributed by atoms with Crippen molar-refractivity contribution in [2.45, 2.75) is 6.10 Å². The lowest BCUT2D eigenvalue weighted by Crippen LogP contribution is -1.96. The number of fused-ring (bicyclic) bond motifs is 1. The minimum atomic E-state index is 0.135. The summed E-state index contributed by atoms with van der Waals surface area (Å²) < 4.78 is 5.64. The topological polar surface area (TPSA) is 9.23 Å². The number of hydrogen-bond donors (Lipinski definition) is 0. The summed E-state index contributed by atoms with van der Waals surface area (Å²) in [5.74, 6) is 0. The molecule has 0 aliphatic carbocycles. The van der Waals surface area contributed by atoms with Crippen molar-refractivity contribution < 1.29 is 4.74 Å². The quantitative estimate of drug-likeness (QED) is 0.634. The summed E-state index contributed by atoms with van der Waals surface area (Å²) in [5.41, 5.74) is 1.27. The first kappa shape index (κ1) is 8.69. The SMILES string of the molecule is C1=C[C@@H](c2cccc3ccccc23)OC1. The van der Waals surface area contributed by atoms with Crippen molar-refractivity contribution in [1.82, 2.24) is 0 Å². The van der Waals surface area contributed by atoms with Crippen molar-refractivity contribution in [3.05, 3.63) is 60.2 Å². The van der Waals surface area contributed by atoms with Crippen LogP contribution in [0.5, 0.6) is 0 Å². The van der Waals surface area contributed by atoms with Gasteiger partial charge in [-0.2, -0.15) is 0 Å². The molecule has 1 atom stereocenters. The van der Waals surface area contributed by atoms with Gasteiger partial charge in [-0.15, -0.1) is 0 Å². The van der Waals surface area contributed by atoms with Gasteiger partial charge in [0, 0.05) is 0 Å². The second-order valence-electron chi connectivity index (χ2n) is 3.75. The van der Waals surface area contributed by atoms with Gasteiger partial charge in [-0.05, 0) is 16.3 Å². The van der Waals surface area contributed by atoms with Crippen LogP contribution in [0.15, 0.2) is 54.6 Å². The molecule has 3 rings (SSSR count). The molecule has 1 heterocycles. The van der Waals surface area contributed by atoms with E-state index in [9.17, 15) is 0 Å². The highest BCUT2D eigenvalue weighted by atomic mass is 16.5. The van der Waals surface area contributed by atoms with Gasteiger partial charge < -0.3 is 4.74 Å². The number of rotatable bonds is 1. The molecule has 2 aromatic rings. The Balaban J connectivity index is 2.21. The molecule has 0 unspecified atom stereocenters. The van der Waals surface area contributed by atoms with Crippen molar-refractivity contribution in [1.29, 1.82) is 0 Å².